The maximum Gasteiger partial charge on any atom is 0.0416 e. The molecule has 0 bridgehead atoms. The van der Waals surface area contributed by atoms with E-state index in [1.807, 2.05) is 18.3 Å². The summed E-state index contributed by atoms with van der Waals surface area (Å²) in [6, 6.07) is 6.55. The maximum absolute atomic E-state index is 5.86. The molecule has 17 heavy (non-hydrogen) atoms. The molecule has 0 aromatic carbocycles. The molecule has 0 saturated carbocycles. The Morgan fingerprint density at radius 2 is 2.18 bits per heavy atom. The number of hydrogen-bond donors (Lipinski definition) is 1. The first-order valence-corrected chi connectivity index (χ1v) is 6.49. The molecule has 2 unspecified atom stereocenters. The highest BCUT2D eigenvalue weighted by Crippen LogP contribution is 2.12. The molecule has 0 aliphatic heterocycles. The van der Waals surface area contributed by atoms with Crippen LogP contribution in [0.4, 0.5) is 0 Å². The summed E-state index contributed by atoms with van der Waals surface area (Å²) in [6.07, 6.45) is 4.02. The van der Waals surface area contributed by atoms with Gasteiger partial charge in [0.2, 0.25) is 0 Å². The van der Waals surface area contributed by atoms with Crippen molar-refractivity contribution in [2.75, 3.05) is 20.1 Å². The average Bonchev–Trinajstić information content (AvgIpc) is 2.38. The van der Waals surface area contributed by atoms with E-state index in [4.69, 9.17) is 5.73 Å². The second-order valence-corrected chi connectivity index (χ2v) is 4.74. The summed E-state index contributed by atoms with van der Waals surface area (Å²) in [6.45, 7) is 6.24. The van der Waals surface area contributed by atoms with Gasteiger partial charge in [-0.3, -0.25) is 4.98 Å². The first-order chi connectivity index (χ1) is 8.19. The third-order valence-corrected chi connectivity index (χ3v) is 3.56. The highest BCUT2D eigenvalue weighted by atomic mass is 15.1. The Balaban J connectivity index is 2.45. The number of nitrogens with zero attached hydrogens (tertiary/aromatic N) is 2. The van der Waals surface area contributed by atoms with Gasteiger partial charge in [0.15, 0.2) is 0 Å². The van der Waals surface area contributed by atoms with Crippen LogP contribution in [-0.4, -0.2) is 36.1 Å². The monoisotopic (exact) mass is 235 g/mol. The van der Waals surface area contributed by atoms with Crippen LogP contribution in [0, 0.1) is 5.92 Å². The van der Waals surface area contributed by atoms with Gasteiger partial charge in [0.05, 0.1) is 0 Å². The number of aromatic nitrogens is 1. The van der Waals surface area contributed by atoms with Crippen molar-refractivity contribution in [1.82, 2.24) is 9.88 Å². The van der Waals surface area contributed by atoms with Gasteiger partial charge in [0.25, 0.3) is 0 Å². The highest BCUT2D eigenvalue weighted by molar-refractivity contribution is 5.03. The molecular formula is C14H25N3. The van der Waals surface area contributed by atoms with Crippen molar-refractivity contribution in [3.05, 3.63) is 30.1 Å². The lowest BCUT2D eigenvalue weighted by atomic mass is 9.98. The van der Waals surface area contributed by atoms with Crippen molar-refractivity contribution in [2.45, 2.75) is 32.7 Å². The molecule has 1 aromatic heterocycles. The minimum atomic E-state index is 0.476. The summed E-state index contributed by atoms with van der Waals surface area (Å²) in [4.78, 5) is 6.71. The molecule has 0 aliphatic carbocycles. The fourth-order valence-corrected chi connectivity index (χ4v) is 2.12. The van der Waals surface area contributed by atoms with Crippen LogP contribution in [-0.2, 0) is 6.42 Å². The summed E-state index contributed by atoms with van der Waals surface area (Å²) in [5, 5.41) is 0. The van der Waals surface area contributed by atoms with Crippen LogP contribution >= 0.6 is 0 Å². The van der Waals surface area contributed by atoms with Crippen LogP contribution in [0.1, 0.15) is 26.0 Å². The molecule has 1 aromatic rings. The summed E-state index contributed by atoms with van der Waals surface area (Å²) in [5.41, 5.74) is 7.01. The third kappa shape index (κ3) is 4.44. The number of hydrogen-bond acceptors (Lipinski definition) is 3. The number of pyridine rings is 1. The van der Waals surface area contributed by atoms with Crippen molar-refractivity contribution in [2.24, 2.45) is 11.7 Å². The minimum Gasteiger partial charge on any atom is -0.329 e. The largest absolute Gasteiger partial charge is 0.329 e. The fourth-order valence-electron chi connectivity index (χ4n) is 2.12. The van der Waals surface area contributed by atoms with E-state index in [1.54, 1.807) is 0 Å². The van der Waals surface area contributed by atoms with E-state index in [9.17, 15) is 0 Å². The molecule has 1 rings (SSSR count). The molecule has 3 nitrogen and oxygen atoms in total. The second-order valence-electron chi connectivity index (χ2n) is 4.74. The standard InChI is InChI=1S/C14H25N3/c1-4-12(2)14(11-15)17(3)10-8-13-7-5-6-9-16-13/h5-7,9,12,14H,4,8,10-11,15H2,1-3H3. The summed E-state index contributed by atoms with van der Waals surface area (Å²) in [7, 11) is 2.16. The Bertz CT molecular complexity index is 300. The van der Waals surface area contributed by atoms with E-state index < -0.39 is 0 Å². The summed E-state index contributed by atoms with van der Waals surface area (Å²) < 4.78 is 0. The third-order valence-electron chi connectivity index (χ3n) is 3.56. The van der Waals surface area contributed by atoms with Gasteiger partial charge in [-0.25, -0.2) is 0 Å². The highest BCUT2D eigenvalue weighted by Gasteiger charge is 2.18. The Morgan fingerprint density at radius 1 is 1.41 bits per heavy atom. The van der Waals surface area contributed by atoms with Crippen LogP contribution in [0.2, 0.25) is 0 Å². The predicted molar refractivity (Wildman–Crippen MR) is 72.9 cm³/mol. The zero-order chi connectivity index (χ0) is 12.7. The average molecular weight is 235 g/mol. The van der Waals surface area contributed by atoms with Gasteiger partial charge in [-0.05, 0) is 25.1 Å². The van der Waals surface area contributed by atoms with Crippen molar-refractivity contribution < 1.29 is 0 Å². The van der Waals surface area contributed by atoms with E-state index in [1.165, 1.54) is 6.42 Å². The lowest BCUT2D eigenvalue weighted by Crippen LogP contribution is -2.43. The minimum absolute atomic E-state index is 0.476. The van der Waals surface area contributed by atoms with Crippen LogP contribution < -0.4 is 5.73 Å². The lowest BCUT2D eigenvalue weighted by molar-refractivity contribution is 0.187. The predicted octanol–water partition coefficient (Wildman–Crippen LogP) is 1.93. The van der Waals surface area contributed by atoms with E-state index in [2.05, 4.69) is 36.8 Å². The molecule has 0 amide bonds. The summed E-state index contributed by atoms with van der Waals surface area (Å²) in [5.74, 6) is 0.647. The first kappa shape index (κ1) is 14.1. The molecule has 3 heteroatoms. The molecule has 2 atom stereocenters. The second kappa shape index (κ2) is 7.41. The van der Waals surface area contributed by atoms with E-state index in [0.29, 0.717) is 12.0 Å². The summed E-state index contributed by atoms with van der Waals surface area (Å²) >= 11 is 0. The maximum atomic E-state index is 5.86. The topological polar surface area (TPSA) is 42.1 Å². The molecule has 2 N–H and O–H groups in total. The van der Waals surface area contributed by atoms with Gasteiger partial charge in [-0.15, -0.1) is 0 Å². The Morgan fingerprint density at radius 3 is 2.71 bits per heavy atom. The molecule has 96 valence electrons. The van der Waals surface area contributed by atoms with E-state index >= 15 is 0 Å². The smallest absolute Gasteiger partial charge is 0.0416 e. The number of likely N-dealkylation sites (N-methyl/N-ethyl adjacent to an activating group) is 1. The molecule has 0 spiro atoms. The van der Waals surface area contributed by atoms with Crippen LogP contribution in [0.3, 0.4) is 0 Å². The number of rotatable bonds is 7. The molecular weight excluding hydrogens is 210 g/mol. The van der Waals surface area contributed by atoms with Crippen molar-refractivity contribution in [3.63, 3.8) is 0 Å². The van der Waals surface area contributed by atoms with Gasteiger partial charge in [-0.2, -0.15) is 0 Å². The lowest BCUT2D eigenvalue weighted by Gasteiger charge is -2.31. The fraction of sp³-hybridized carbons (Fsp3) is 0.643. The van der Waals surface area contributed by atoms with Crippen molar-refractivity contribution in [3.8, 4) is 0 Å². The first-order valence-electron chi connectivity index (χ1n) is 6.49. The van der Waals surface area contributed by atoms with Gasteiger partial charge < -0.3 is 10.6 Å². The van der Waals surface area contributed by atoms with Gasteiger partial charge >= 0.3 is 0 Å². The molecule has 0 aliphatic rings. The number of nitrogens with two attached hydrogens (primary N) is 1. The van der Waals surface area contributed by atoms with E-state index in [0.717, 1.165) is 25.2 Å². The van der Waals surface area contributed by atoms with Gasteiger partial charge in [-0.1, -0.05) is 26.3 Å². The van der Waals surface area contributed by atoms with Gasteiger partial charge in [0.1, 0.15) is 0 Å². The zero-order valence-corrected chi connectivity index (χ0v) is 11.3. The Labute approximate surface area is 105 Å². The van der Waals surface area contributed by atoms with Crippen molar-refractivity contribution >= 4 is 0 Å². The molecule has 0 saturated heterocycles. The van der Waals surface area contributed by atoms with Crippen molar-refractivity contribution in [1.29, 1.82) is 0 Å². The van der Waals surface area contributed by atoms with Gasteiger partial charge in [0, 0.05) is 37.4 Å². The van der Waals surface area contributed by atoms with Crippen LogP contribution in [0.25, 0.3) is 0 Å². The Kier molecular flexibility index (Phi) is 6.16. The zero-order valence-electron chi connectivity index (χ0n) is 11.3. The molecule has 0 fully saturated rings. The molecule has 0 radical (unpaired) electrons. The SMILES string of the molecule is CCC(C)C(CN)N(C)CCc1ccccn1. The molecule has 1 heterocycles. The van der Waals surface area contributed by atoms with Crippen LogP contribution in [0.5, 0.6) is 0 Å². The van der Waals surface area contributed by atoms with E-state index in [-0.39, 0.29) is 0 Å². The quantitative estimate of drug-likeness (QED) is 0.785. The Hall–Kier alpha value is -0.930. The normalized spacial score (nSPS) is 14.9. The van der Waals surface area contributed by atoms with Crippen LogP contribution in [0.15, 0.2) is 24.4 Å².